The van der Waals surface area contributed by atoms with E-state index in [0.29, 0.717) is 24.3 Å². The summed E-state index contributed by atoms with van der Waals surface area (Å²) < 4.78 is 14.0. The Hall–Kier alpha value is -2.76. The number of amides is 1. The van der Waals surface area contributed by atoms with Crippen LogP contribution in [0.4, 0.5) is 23.0 Å². The highest BCUT2D eigenvalue weighted by atomic mass is 32.2. The van der Waals surface area contributed by atoms with E-state index in [1.807, 2.05) is 24.1 Å². The van der Waals surface area contributed by atoms with E-state index in [0.717, 1.165) is 68.6 Å². The Labute approximate surface area is 203 Å². The topological polar surface area (TPSA) is 118 Å². The van der Waals surface area contributed by atoms with Crippen LogP contribution in [0.25, 0.3) is 0 Å². The number of benzene rings is 1. The number of nitrogens with one attached hydrogen (secondary N) is 2. The van der Waals surface area contributed by atoms with Crippen LogP contribution < -0.4 is 26.0 Å². The predicted octanol–water partition coefficient (Wildman–Crippen LogP) is 2.46. The summed E-state index contributed by atoms with van der Waals surface area (Å²) in [7, 11) is 0. The number of fused-ring (bicyclic) bond motifs is 3. The predicted molar refractivity (Wildman–Crippen MR) is 134 cm³/mol. The van der Waals surface area contributed by atoms with Crippen LogP contribution in [-0.4, -0.2) is 77.5 Å². The Morgan fingerprint density at radius 1 is 1.29 bits per heavy atom. The summed E-state index contributed by atoms with van der Waals surface area (Å²) >= 11 is 1.89. The molecule has 0 spiro atoms. The summed E-state index contributed by atoms with van der Waals surface area (Å²) in [6, 6.07) is 6.59. The minimum Gasteiger partial charge on any atom is -0.489 e. The number of hydrogen-bond donors (Lipinski definition) is 3. The molecule has 4 N–H and O–H groups in total. The van der Waals surface area contributed by atoms with Crippen molar-refractivity contribution in [3.05, 3.63) is 30.1 Å². The first kappa shape index (κ1) is 23.0. The summed E-state index contributed by atoms with van der Waals surface area (Å²) in [6.07, 6.45) is 3.35. The first-order valence-corrected chi connectivity index (χ1v) is 12.7. The number of carbonyl (C=O) groups excluding carboxylic acids is 1. The zero-order chi connectivity index (χ0) is 23.5. The van der Waals surface area contributed by atoms with Gasteiger partial charge >= 0.3 is 0 Å². The number of nitrogens with zero attached hydrogens (tertiary/aromatic N) is 4. The van der Waals surface area contributed by atoms with E-state index in [1.165, 1.54) is 0 Å². The van der Waals surface area contributed by atoms with Gasteiger partial charge < -0.3 is 30.7 Å². The van der Waals surface area contributed by atoms with Gasteiger partial charge in [-0.3, -0.25) is 4.79 Å². The number of nitrogens with two attached hydrogens (primary N) is 1. The third-order valence-electron chi connectivity index (χ3n) is 6.30. The van der Waals surface area contributed by atoms with Crippen molar-refractivity contribution in [2.24, 2.45) is 5.73 Å². The van der Waals surface area contributed by atoms with Crippen molar-refractivity contribution in [2.75, 3.05) is 60.7 Å². The van der Waals surface area contributed by atoms with Gasteiger partial charge in [0.05, 0.1) is 17.9 Å². The lowest BCUT2D eigenvalue weighted by Crippen LogP contribution is -2.55. The third-order valence-corrected chi connectivity index (χ3v) is 7.25. The smallest absolute Gasteiger partial charge is 0.271 e. The van der Waals surface area contributed by atoms with Crippen molar-refractivity contribution in [1.29, 1.82) is 0 Å². The average Bonchev–Trinajstić information content (AvgIpc) is 2.84. The van der Waals surface area contributed by atoms with Gasteiger partial charge in [0, 0.05) is 56.4 Å². The van der Waals surface area contributed by atoms with Crippen molar-refractivity contribution in [1.82, 2.24) is 14.3 Å². The molecular weight excluding hydrogens is 454 g/mol. The van der Waals surface area contributed by atoms with E-state index in [1.54, 1.807) is 6.20 Å². The summed E-state index contributed by atoms with van der Waals surface area (Å²) in [5.41, 5.74) is 7.52. The minimum atomic E-state index is -0.632. The van der Waals surface area contributed by atoms with Gasteiger partial charge in [-0.1, -0.05) is 18.9 Å². The molecule has 2 fully saturated rings. The first-order chi connectivity index (χ1) is 16.6. The van der Waals surface area contributed by atoms with Crippen molar-refractivity contribution in [2.45, 2.75) is 31.8 Å². The van der Waals surface area contributed by atoms with Gasteiger partial charge in [0.15, 0.2) is 11.5 Å². The number of ether oxygens (including phenoxy) is 2. The molecule has 1 atom stereocenters. The number of hydrogen-bond acceptors (Lipinski definition) is 10. The SMILES string of the molecule is CCSN1CCN2c3ccc(Nc4nc(NC5CCOCC5)cnc4C(N)=O)cc3OCC2C1. The molecule has 182 valence electrons. The number of anilines is 4. The minimum absolute atomic E-state index is 0.0979. The maximum Gasteiger partial charge on any atom is 0.271 e. The van der Waals surface area contributed by atoms with E-state index < -0.39 is 5.91 Å². The summed E-state index contributed by atoms with van der Waals surface area (Å²) in [6.45, 7) is 7.26. The molecule has 1 aromatic carbocycles. The molecule has 1 amide bonds. The van der Waals surface area contributed by atoms with Gasteiger partial charge in [0.2, 0.25) is 0 Å². The maximum absolute atomic E-state index is 12.0. The molecule has 34 heavy (non-hydrogen) atoms. The van der Waals surface area contributed by atoms with Gasteiger partial charge in [-0.15, -0.1) is 0 Å². The molecule has 1 aromatic heterocycles. The fourth-order valence-corrected chi connectivity index (χ4v) is 5.48. The standard InChI is InChI=1S/C23H31N7O3S/c1-2-34-29-7-8-30-17(13-29)14-33-19-11-16(3-4-18(19)30)27-23-21(22(24)31)25-12-20(28-23)26-15-5-9-32-10-6-15/h3-4,11-12,15,17H,2,5-10,13-14H2,1H3,(H2,24,31)(H2,26,27,28). The number of rotatable bonds is 7. The second-order valence-electron chi connectivity index (χ2n) is 8.62. The Morgan fingerprint density at radius 2 is 2.15 bits per heavy atom. The van der Waals surface area contributed by atoms with Gasteiger partial charge in [-0.2, -0.15) is 0 Å². The Morgan fingerprint density at radius 3 is 2.94 bits per heavy atom. The summed E-state index contributed by atoms with van der Waals surface area (Å²) in [4.78, 5) is 23.3. The lowest BCUT2D eigenvalue weighted by molar-refractivity contribution is 0.0904. The summed E-state index contributed by atoms with van der Waals surface area (Å²) in [5.74, 6) is 2.19. The van der Waals surface area contributed by atoms with Crippen molar-refractivity contribution < 1.29 is 14.3 Å². The molecule has 10 nitrogen and oxygen atoms in total. The number of piperazine rings is 1. The van der Waals surface area contributed by atoms with Crippen LogP contribution in [0.1, 0.15) is 30.3 Å². The fourth-order valence-electron chi connectivity index (χ4n) is 4.63. The van der Waals surface area contributed by atoms with Gasteiger partial charge in [-0.05, 0) is 25.0 Å². The lowest BCUT2D eigenvalue weighted by Gasteiger charge is -2.45. The van der Waals surface area contributed by atoms with Crippen LogP contribution in [0.2, 0.25) is 0 Å². The van der Waals surface area contributed by atoms with Crippen LogP contribution in [0, 0.1) is 0 Å². The molecule has 0 saturated carbocycles. The largest absolute Gasteiger partial charge is 0.489 e. The van der Waals surface area contributed by atoms with Crippen molar-refractivity contribution in [3.8, 4) is 5.75 Å². The average molecular weight is 486 g/mol. The molecule has 0 bridgehead atoms. The molecule has 11 heteroatoms. The molecule has 0 radical (unpaired) electrons. The third kappa shape index (κ3) is 5.01. The molecule has 0 aliphatic carbocycles. The first-order valence-electron chi connectivity index (χ1n) is 11.8. The second kappa shape index (κ2) is 10.2. The number of primary amides is 1. The highest BCUT2D eigenvalue weighted by Gasteiger charge is 2.33. The van der Waals surface area contributed by atoms with E-state index in [9.17, 15) is 4.79 Å². The van der Waals surface area contributed by atoms with E-state index >= 15 is 0 Å². The van der Waals surface area contributed by atoms with Crippen molar-refractivity contribution in [3.63, 3.8) is 0 Å². The van der Waals surface area contributed by atoms with Gasteiger partial charge in [0.25, 0.3) is 5.91 Å². The van der Waals surface area contributed by atoms with Gasteiger partial charge in [0.1, 0.15) is 18.2 Å². The molecule has 4 heterocycles. The Balaban J connectivity index is 1.33. The van der Waals surface area contributed by atoms with Crippen molar-refractivity contribution >= 4 is 40.9 Å². The molecule has 5 rings (SSSR count). The second-order valence-corrected chi connectivity index (χ2v) is 9.97. The molecule has 2 saturated heterocycles. The normalized spacial score (nSPS) is 20.7. The fraction of sp³-hybridized carbons (Fsp3) is 0.522. The molecular formula is C23H31N7O3S. The molecule has 2 aromatic rings. The summed E-state index contributed by atoms with van der Waals surface area (Å²) in [5, 5.41) is 6.61. The van der Waals surface area contributed by atoms with Gasteiger partial charge in [-0.25, -0.2) is 14.3 Å². The van der Waals surface area contributed by atoms with Crippen LogP contribution in [0.5, 0.6) is 5.75 Å². The molecule has 1 unspecified atom stereocenters. The van der Waals surface area contributed by atoms with Crippen LogP contribution in [-0.2, 0) is 4.74 Å². The van der Waals surface area contributed by atoms with Crippen LogP contribution in [0.15, 0.2) is 24.4 Å². The van der Waals surface area contributed by atoms with E-state index in [2.05, 4.69) is 42.8 Å². The Kier molecular flexibility index (Phi) is 6.93. The van der Waals surface area contributed by atoms with Crippen LogP contribution >= 0.6 is 11.9 Å². The number of aromatic nitrogens is 2. The maximum atomic E-state index is 12.0. The quantitative estimate of drug-likeness (QED) is 0.505. The van der Waals surface area contributed by atoms with E-state index in [-0.39, 0.29) is 11.7 Å². The zero-order valence-electron chi connectivity index (χ0n) is 19.3. The monoisotopic (exact) mass is 485 g/mol. The highest BCUT2D eigenvalue weighted by molar-refractivity contribution is 7.96. The molecule has 3 aliphatic rings. The lowest BCUT2D eigenvalue weighted by atomic mass is 10.1. The Bertz CT molecular complexity index is 1030. The highest BCUT2D eigenvalue weighted by Crippen LogP contribution is 2.38. The number of carbonyl (C=O) groups is 1. The zero-order valence-corrected chi connectivity index (χ0v) is 20.1. The molecule has 3 aliphatic heterocycles. The van der Waals surface area contributed by atoms with E-state index in [4.69, 9.17) is 15.2 Å². The van der Waals surface area contributed by atoms with Crippen LogP contribution in [0.3, 0.4) is 0 Å².